The zero-order valence-electron chi connectivity index (χ0n) is 12.2. The average Bonchev–Trinajstić information content (AvgIpc) is 2.87. The van der Waals surface area contributed by atoms with Gasteiger partial charge in [-0.2, -0.15) is 0 Å². The number of carbonyl (C=O) groups is 1. The van der Waals surface area contributed by atoms with Crippen molar-refractivity contribution in [1.82, 2.24) is 15.6 Å². The van der Waals surface area contributed by atoms with Crippen LogP contribution in [-0.2, 0) is 4.74 Å². The van der Waals surface area contributed by atoms with Gasteiger partial charge in [0.15, 0.2) is 0 Å². The number of nitrogens with zero attached hydrogens (tertiary/aromatic N) is 1. The summed E-state index contributed by atoms with van der Waals surface area (Å²) in [7, 11) is 0. The van der Waals surface area contributed by atoms with E-state index in [1.54, 1.807) is 11.3 Å². The summed E-state index contributed by atoms with van der Waals surface area (Å²) >= 11 is 1.68. The molecule has 1 aromatic rings. The zero-order chi connectivity index (χ0) is 14.4. The molecule has 2 aliphatic heterocycles. The lowest BCUT2D eigenvalue weighted by Crippen LogP contribution is -2.47. The van der Waals surface area contributed by atoms with Crippen molar-refractivity contribution in [3.05, 3.63) is 16.1 Å². The number of nitrogens with one attached hydrogen (secondary N) is 2. The Bertz CT molecular complexity index is 543. The number of aromatic nitrogens is 1. The fraction of sp³-hybridized carbons (Fsp3) is 0.733. The van der Waals surface area contributed by atoms with Crippen LogP contribution in [0.5, 0.6) is 0 Å². The molecule has 3 aliphatic rings. The minimum absolute atomic E-state index is 0.0686. The van der Waals surface area contributed by atoms with Crippen LogP contribution in [0.25, 0.3) is 0 Å². The Balaban J connectivity index is 1.38. The Hall–Kier alpha value is -1.14. The molecule has 0 aromatic carbocycles. The Labute approximate surface area is 128 Å². The van der Waals surface area contributed by atoms with E-state index in [0.29, 0.717) is 12.0 Å². The molecule has 4 rings (SSSR count). The number of thiazole rings is 1. The third-order valence-corrected chi connectivity index (χ3v) is 5.70. The van der Waals surface area contributed by atoms with Gasteiger partial charge in [0, 0.05) is 11.1 Å². The van der Waals surface area contributed by atoms with E-state index in [2.05, 4.69) is 22.5 Å². The molecular weight excluding hydrogens is 286 g/mol. The molecule has 0 spiro atoms. The number of hydrogen-bond donors (Lipinski definition) is 2. The van der Waals surface area contributed by atoms with Gasteiger partial charge in [-0.25, -0.2) is 9.78 Å². The summed E-state index contributed by atoms with van der Waals surface area (Å²) in [5, 5.41) is 7.28. The van der Waals surface area contributed by atoms with E-state index in [1.165, 1.54) is 17.7 Å². The molecule has 3 heterocycles. The molecule has 3 fully saturated rings. The Kier molecular flexibility index (Phi) is 3.38. The summed E-state index contributed by atoms with van der Waals surface area (Å²) < 4.78 is 5.79. The van der Waals surface area contributed by atoms with Crippen molar-refractivity contribution in [3.63, 3.8) is 0 Å². The van der Waals surface area contributed by atoms with Crippen molar-refractivity contribution >= 4 is 17.4 Å². The molecule has 4 atom stereocenters. The van der Waals surface area contributed by atoms with Gasteiger partial charge < -0.3 is 15.4 Å². The number of amides is 2. The first-order valence-electron chi connectivity index (χ1n) is 7.84. The third kappa shape index (κ3) is 2.79. The van der Waals surface area contributed by atoms with Gasteiger partial charge in [-0.05, 0) is 44.9 Å². The number of rotatable bonds is 4. The van der Waals surface area contributed by atoms with Gasteiger partial charge in [0.1, 0.15) is 5.01 Å². The van der Waals surface area contributed by atoms with Crippen LogP contribution < -0.4 is 10.6 Å². The normalized spacial score (nSPS) is 32.1. The highest BCUT2D eigenvalue weighted by Gasteiger charge is 2.42. The fourth-order valence-electron chi connectivity index (χ4n) is 3.47. The summed E-state index contributed by atoms with van der Waals surface area (Å²) in [5.41, 5.74) is 0. The lowest BCUT2D eigenvalue weighted by molar-refractivity contribution is 0.0980. The fourth-order valence-corrected chi connectivity index (χ4v) is 4.39. The first kappa shape index (κ1) is 13.5. The minimum Gasteiger partial charge on any atom is -0.373 e. The Morgan fingerprint density at radius 1 is 1.43 bits per heavy atom. The van der Waals surface area contributed by atoms with E-state index in [4.69, 9.17) is 4.74 Å². The summed E-state index contributed by atoms with van der Waals surface area (Å²) in [6.07, 6.45) is 8.02. The van der Waals surface area contributed by atoms with Crippen LogP contribution in [0.15, 0.2) is 6.20 Å². The van der Waals surface area contributed by atoms with E-state index in [1.807, 2.05) is 6.20 Å². The van der Waals surface area contributed by atoms with Crippen molar-refractivity contribution in [2.45, 2.75) is 63.3 Å². The average molecular weight is 307 g/mol. The van der Waals surface area contributed by atoms with Gasteiger partial charge in [-0.1, -0.05) is 0 Å². The van der Waals surface area contributed by atoms with E-state index < -0.39 is 0 Å². The molecule has 2 bridgehead atoms. The standard InChI is InChI=1S/C15H21N3O2S/c1-8-7-16-14(21-8)13(9-2-3-9)18-15(19)17-11-6-10-4-5-12(11)20-10/h7,9-13H,2-6H2,1H3,(H2,17,18,19)/t10-,11-,12-,13-/m1/s1. The maximum absolute atomic E-state index is 12.3. The van der Waals surface area contributed by atoms with Crippen LogP contribution in [0.4, 0.5) is 4.79 Å². The number of fused-ring (bicyclic) bond motifs is 2. The van der Waals surface area contributed by atoms with Crippen molar-refractivity contribution in [3.8, 4) is 0 Å². The second kappa shape index (κ2) is 5.25. The highest BCUT2D eigenvalue weighted by molar-refractivity contribution is 7.11. The number of ether oxygens (including phenoxy) is 1. The van der Waals surface area contributed by atoms with Gasteiger partial charge in [-0.3, -0.25) is 0 Å². The summed E-state index contributed by atoms with van der Waals surface area (Å²) in [6, 6.07) is 0.186. The van der Waals surface area contributed by atoms with Crippen molar-refractivity contribution in [1.29, 1.82) is 0 Å². The lowest BCUT2D eigenvalue weighted by atomic mass is 9.96. The highest BCUT2D eigenvalue weighted by atomic mass is 32.1. The number of carbonyl (C=O) groups excluding carboxylic acids is 1. The van der Waals surface area contributed by atoms with Crippen molar-refractivity contribution in [2.24, 2.45) is 5.92 Å². The minimum atomic E-state index is -0.0686. The van der Waals surface area contributed by atoms with E-state index in [9.17, 15) is 4.79 Å². The summed E-state index contributed by atoms with van der Waals surface area (Å²) in [4.78, 5) is 17.9. The summed E-state index contributed by atoms with van der Waals surface area (Å²) in [6.45, 7) is 2.05. The first-order chi connectivity index (χ1) is 10.2. The SMILES string of the molecule is Cc1cnc([C@H](NC(=O)N[C@@H]2C[C@H]3CC[C@H]2O3)C2CC2)s1. The molecule has 2 amide bonds. The molecule has 1 aliphatic carbocycles. The predicted molar refractivity (Wildman–Crippen MR) is 80.3 cm³/mol. The Morgan fingerprint density at radius 3 is 2.86 bits per heavy atom. The molecule has 6 heteroatoms. The van der Waals surface area contributed by atoms with Crippen LogP contribution in [0.3, 0.4) is 0 Å². The molecule has 2 N–H and O–H groups in total. The second-order valence-corrected chi connectivity index (χ2v) is 7.72. The van der Waals surface area contributed by atoms with Gasteiger partial charge in [0.05, 0.1) is 24.3 Å². The van der Waals surface area contributed by atoms with Gasteiger partial charge in [0.2, 0.25) is 0 Å². The topological polar surface area (TPSA) is 63.2 Å². The number of urea groups is 1. The molecule has 21 heavy (non-hydrogen) atoms. The van der Waals surface area contributed by atoms with Crippen LogP contribution in [-0.4, -0.2) is 29.3 Å². The van der Waals surface area contributed by atoms with Crippen LogP contribution >= 0.6 is 11.3 Å². The monoisotopic (exact) mass is 307 g/mol. The Morgan fingerprint density at radius 2 is 2.29 bits per heavy atom. The molecule has 5 nitrogen and oxygen atoms in total. The molecule has 1 saturated carbocycles. The van der Waals surface area contributed by atoms with Gasteiger partial charge >= 0.3 is 6.03 Å². The molecule has 114 valence electrons. The van der Waals surface area contributed by atoms with Crippen LogP contribution in [0.1, 0.15) is 48.0 Å². The maximum Gasteiger partial charge on any atom is 0.315 e. The zero-order valence-corrected chi connectivity index (χ0v) is 13.0. The van der Waals surface area contributed by atoms with Crippen molar-refractivity contribution < 1.29 is 9.53 Å². The van der Waals surface area contributed by atoms with E-state index in [0.717, 1.165) is 24.3 Å². The smallest absolute Gasteiger partial charge is 0.315 e. The maximum atomic E-state index is 12.3. The second-order valence-electron chi connectivity index (χ2n) is 6.46. The third-order valence-electron chi connectivity index (χ3n) is 4.71. The van der Waals surface area contributed by atoms with Crippen molar-refractivity contribution in [2.75, 3.05) is 0 Å². The van der Waals surface area contributed by atoms with Crippen LogP contribution in [0.2, 0.25) is 0 Å². The number of aryl methyl sites for hydroxylation is 1. The van der Waals surface area contributed by atoms with Gasteiger partial charge in [-0.15, -0.1) is 11.3 Å². The van der Waals surface area contributed by atoms with Crippen LogP contribution in [0, 0.1) is 12.8 Å². The lowest BCUT2D eigenvalue weighted by Gasteiger charge is -2.22. The molecular formula is C15H21N3O2S. The highest BCUT2D eigenvalue weighted by Crippen LogP contribution is 2.42. The van der Waals surface area contributed by atoms with Gasteiger partial charge in [0.25, 0.3) is 0 Å². The molecule has 0 radical (unpaired) electrons. The van der Waals surface area contributed by atoms with E-state index in [-0.39, 0.29) is 24.2 Å². The first-order valence-corrected chi connectivity index (χ1v) is 8.65. The predicted octanol–water partition coefficient (Wildman–Crippen LogP) is 2.52. The quantitative estimate of drug-likeness (QED) is 0.898. The largest absolute Gasteiger partial charge is 0.373 e. The number of hydrogen-bond acceptors (Lipinski definition) is 4. The molecule has 0 unspecified atom stereocenters. The van der Waals surface area contributed by atoms with E-state index >= 15 is 0 Å². The summed E-state index contributed by atoms with van der Waals surface area (Å²) in [5.74, 6) is 0.553. The molecule has 1 aromatic heterocycles. The molecule has 2 saturated heterocycles.